The topological polar surface area (TPSA) is 21.3 Å². The Morgan fingerprint density at radius 1 is 0.460 bits per heavy atom. The third-order valence-corrected chi connectivity index (χ3v) is 9.83. The number of anilines is 3. The van der Waals surface area contributed by atoms with Crippen molar-refractivity contribution in [3.05, 3.63) is 182 Å². The van der Waals surface area contributed by atoms with Crippen molar-refractivity contribution in [1.29, 1.82) is 0 Å². The molecule has 10 rings (SSSR count). The first-order chi connectivity index (χ1) is 24.7. The predicted octanol–water partition coefficient (Wildman–Crippen LogP) is 13.1. The second-order valence-corrected chi connectivity index (χ2v) is 12.7. The molecule has 0 N–H and O–H groups in total. The van der Waals surface area contributed by atoms with Gasteiger partial charge in [0.05, 0.1) is 22.1 Å². The Bertz CT molecular complexity index is 2880. The van der Waals surface area contributed by atoms with E-state index in [-0.39, 0.29) is 5.82 Å². The van der Waals surface area contributed by atoms with Crippen LogP contribution < -0.4 is 4.90 Å². The lowest BCUT2D eigenvalue weighted by Gasteiger charge is -2.27. The van der Waals surface area contributed by atoms with Crippen LogP contribution in [-0.2, 0) is 0 Å². The Hall–Kier alpha value is -6.65. The lowest BCUT2D eigenvalue weighted by Crippen LogP contribution is -2.10. The van der Waals surface area contributed by atoms with Crippen LogP contribution in [0.5, 0.6) is 0 Å². The minimum Gasteiger partial charge on any atom is -0.456 e. The average Bonchev–Trinajstić information content (AvgIpc) is 3.72. The molecule has 10 aromatic rings. The van der Waals surface area contributed by atoms with Crippen molar-refractivity contribution in [2.24, 2.45) is 0 Å². The van der Waals surface area contributed by atoms with Crippen molar-refractivity contribution < 1.29 is 8.81 Å². The summed E-state index contributed by atoms with van der Waals surface area (Å²) >= 11 is 0. The Morgan fingerprint density at radius 2 is 1.14 bits per heavy atom. The molecule has 50 heavy (non-hydrogen) atoms. The van der Waals surface area contributed by atoms with Gasteiger partial charge >= 0.3 is 0 Å². The van der Waals surface area contributed by atoms with Crippen molar-refractivity contribution in [1.82, 2.24) is 4.57 Å². The molecule has 2 aromatic heterocycles. The van der Waals surface area contributed by atoms with Crippen LogP contribution >= 0.6 is 0 Å². The molecule has 0 atom stereocenters. The summed E-state index contributed by atoms with van der Waals surface area (Å²) in [7, 11) is 0. The van der Waals surface area contributed by atoms with E-state index in [2.05, 4.69) is 143 Å². The van der Waals surface area contributed by atoms with Crippen LogP contribution in [0.4, 0.5) is 21.5 Å². The molecule has 0 unspecified atom stereocenters. The zero-order chi connectivity index (χ0) is 33.2. The van der Waals surface area contributed by atoms with Gasteiger partial charge in [-0.25, -0.2) is 4.39 Å². The molecule has 0 saturated heterocycles. The van der Waals surface area contributed by atoms with E-state index in [1.165, 1.54) is 22.9 Å². The van der Waals surface area contributed by atoms with Gasteiger partial charge in [-0.05, 0) is 107 Å². The molecular weight excluding hydrogens is 616 g/mol. The lowest BCUT2D eigenvalue weighted by atomic mass is 10.0. The van der Waals surface area contributed by atoms with E-state index in [4.69, 9.17) is 4.42 Å². The van der Waals surface area contributed by atoms with Crippen molar-refractivity contribution >= 4 is 71.6 Å². The molecule has 236 valence electrons. The fourth-order valence-electron chi connectivity index (χ4n) is 7.51. The number of para-hydroxylation sites is 2. The number of benzene rings is 8. The Kier molecular flexibility index (Phi) is 6.36. The molecule has 0 saturated carbocycles. The summed E-state index contributed by atoms with van der Waals surface area (Å²) < 4.78 is 22.4. The number of hydrogen-bond donors (Lipinski definition) is 0. The van der Waals surface area contributed by atoms with Gasteiger partial charge < -0.3 is 13.9 Å². The van der Waals surface area contributed by atoms with E-state index < -0.39 is 0 Å². The maximum atomic E-state index is 13.8. The van der Waals surface area contributed by atoms with Crippen molar-refractivity contribution in [2.45, 2.75) is 0 Å². The molecule has 0 bridgehead atoms. The van der Waals surface area contributed by atoms with Crippen LogP contribution in [0, 0.1) is 5.82 Å². The number of furan rings is 1. The third-order valence-electron chi connectivity index (χ3n) is 9.83. The van der Waals surface area contributed by atoms with Gasteiger partial charge in [0.15, 0.2) is 0 Å². The quantitative estimate of drug-likeness (QED) is 0.186. The molecule has 0 aliphatic carbocycles. The number of fused-ring (bicyclic) bond motifs is 7. The van der Waals surface area contributed by atoms with Crippen molar-refractivity contribution in [3.63, 3.8) is 0 Å². The molecule has 2 heterocycles. The standard InChI is InChI=1S/C46H29FN2O/c47-34-20-25-36(26-21-34)49-41-12-5-3-10-38(41)40-29-33(19-27-42(40)49)31-16-22-35(23-17-31)48(37-24-18-30-8-1-2-9-32(30)28-37)43-13-7-15-45-46(43)39-11-4-6-14-44(39)50-45/h1-29H. The second-order valence-electron chi connectivity index (χ2n) is 12.7. The number of halogens is 1. The molecule has 8 aromatic carbocycles. The summed E-state index contributed by atoms with van der Waals surface area (Å²) in [6.45, 7) is 0. The van der Waals surface area contributed by atoms with Crippen molar-refractivity contribution in [2.75, 3.05) is 4.90 Å². The number of rotatable bonds is 5. The Labute approximate surface area is 287 Å². The summed E-state index contributed by atoms with van der Waals surface area (Å²) in [6.07, 6.45) is 0. The molecule has 0 amide bonds. The first-order valence-corrected chi connectivity index (χ1v) is 16.8. The fourth-order valence-corrected chi connectivity index (χ4v) is 7.51. The van der Waals surface area contributed by atoms with Crippen LogP contribution in [0.25, 0.3) is 71.3 Å². The van der Waals surface area contributed by atoms with Gasteiger partial charge in [0.2, 0.25) is 0 Å². The first-order valence-electron chi connectivity index (χ1n) is 16.8. The van der Waals surface area contributed by atoms with Gasteiger partial charge in [-0.2, -0.15) is 0 Å². The second kappa shape index (κ2) is 11.2. The molecule has 4 heteroatoms. The van der Waals surface area contributed by atoms with Crippen LogP contribution in [0.3, 0.4) is 0 Å². The van der Waals surface area contributed by atoms with E-state index in [1.54, 1.807) is 0 Å². The van der Waals surface area contributed by atoms with E-state index in [1.807, 2.05) is 30.3 Å². The lowest BCUT2D eigenvalue weighted by molar-refractivity contribution is 0.627. The molecule has 0 aliphatic rings. The fraction of sp³-hybridized carbons (Fsp3) is 0. The summed E-state index contributed by atoms with van der Waals surface area (Å²) in [6, 6.07) is 60.2. The molecule has 0 fully saturated rings. The number of hydrogen-bond acceptors (Lipinski definition) is 2. The normalized spacial score (nSPS) is 11.7. The van der Waals surface area contributed by atoms with Crippen LogP contribution in [0.15, 0.2) is 180 Å². The highest BCUT2D eigenvalue weighted by atomic mass is 19.1. The minimum atomic E-state index is -0.241. The van der Waals surface area contributed by atoms with Gasteiger partial charge in [0, 0.05) is 33.2 Å². The van der Waals surface area contributed by atoms with Gasteiger partial charge in [0.25, 0.3) is 0 Å². The van der Waals surface area contributed by atoms with Crippen LogP contribution in [0.1, 0.15) is 0 Å². The predicted molar refractivity (Wildman–Crippen MR) is 206 cm³/mol. The van der Waals surface area contributed by atoms with Gasteiger partial charge in [-0.1, -0.05) is 91.0 Å². The summed E-state index contributed by atoms with van der Waals surface area (Å²) in [5, 5.41) is 6.88. The SMILES string of the molecule is Fc1ccc(-n2c3ccccc3c3cc(-c4ccc(N(c5ccc6ccccc6c5)c5cccc6oc7ccccc7c56)cc4)ccc32)cc1. The summed E-state index contributed by atoms with van der Waals surface area (Å²) in [5.41, 5.74) is 10.3. The van der Waals surface area contributed by atoms with Gasteiger partial charge in [-0.3, -0.25) is 0 Å². The highest BCUT2D eigenvalue weighted by Gasteiger charge is 2.20. The largest absolute Gasteiger partial charge is 0.456 e. The Balaban J connectivity index is 1.12. The highest BCUT2D eigenvalue weighted by molar-refractivity contribution is 6.14. The summed E-state index contributed by atoms with van der Waals surface area (Å²) in [4.78, 5) is 2.33. The molecule has 3 nitrogen and oxygen atoms in total. The van der Waals surface area contributed by atoms with Crippen LogP contribution in [-0.4, -0.2) is 4.57 Å². The molecule has 0 spiro atoms. The van der Waals surface area contributed by atoms with E-state index in [0.29, 0.717) is 0 Å². The highest BCUT2D eigenvalue weighted by Crippen LogP contribution is 2.44. The van der Waals surface area contributed by atoms with E-state index >= 15 is 0 Å². The van der Waals surface area contributed by atoms with Gasteiger partial charge in [-0.15, -0.1) is 0 Å². The van der Waals surface area contributed by atoms with E-state index in [9.17, 15) is 4.39 Å². The first kappa shape index (κ1) is 28.4. The van der Waals surface area contributed by atoms with E-state index in [0.717, 1.165) is 77.6 Å². The Morgan fingerprint density at radius 3 is 2.00 bits per heavy atom. The number of aromatic nitrogens is 1. The van der Waals surface area contributed by atoms with Crippen LogP contribution in [0.2, 0.25) is 0 Å². The average molecular weight is 645 g/mol. The monoisotopic (exact) mass is 644 g/mol. The maximum Gasteiger partial charge on any atom is 0.137 e. The minimum absolute atomic E-state index is 0.241. The smallest absolute Gasteiger partial charge is 0.137 e. The maximum absolute atomic E-state index is 13.8. The molecule has 0 aliphatic heterocycles. The summed E-state index contributed by atoms with van der Waals surface area (Å²) in [5.74, 6) is -0.241. The zero-order valence-corrected chi connectivity index (χ0v) is 26.9. The number of nitrogens with zero attached hydrogens (tertiary/aromatic N) is 2. The van der Waals surface area contributed by atoms with Gasteiger partial charge in [0.1, 0.15) is 17.0 Å². The molecule has 0 radical (unpaired) electrons. The molecular formula is C46H29FN2O. The third kappa shape index (κ3) is 4.50. The van der Waals surface area contributed by atoms with Crippen molar-refractivity contribution in [3.8, 4) is 16.8 Å². The zero-order valence-electron chi connectivity index (χ0n) is 26.9.